The predicted molar refractivity (Wildman–Crippen MR) is 154 cm³/mol. The number of rotatable bonds is 10. The number of carbonyl (C=O) groups is 2. The first-order valence-electron chi connectivity index (χ1n) is 12.8. The second-order valence-electron chi connectivity index (χ2n) is 8.91. The molecule has 0 aliphatic heterocycles. The van der Waals surface area contributed by atoms with Crippen LogP contribution in [0, 0.1) is 0 Å². The van der Waals surface area contributed by atoms with E-state index in [1.807, 2.05) is 67.7 Å². The molecule has 2 aromatic heterocycles. The first kappa shape index (κ1) is 26.8. The summed E-state index contributed by atoms with van der Waals surface area (Å²) in [7, 11) is 0. The van der Waals surface area contributed by atoms with E-state index in [-0.39, 0.29) is 19.0 Å². The van der Waals surface area contributed by atoms with Gasteiger partial charge < -0.3 is 14.1 Å². The zero-order valence-electron chi connectivity index (χ0n) is 21.8. The molecule has 40 heavy (non-hydrogen) atoms. The molecule has 9 heteroatoms. The van der Waals surface area contributed by atoms with Crippen LogP contribution in [0.15, 0.2) is 108 Å². The van der Waals surface area contributed by atoms with Crippen LogP contribution >= 0.6 is 11.6 Å². The molecule has 0 unspecified atom stereocenters. The van der Waals surface area contributed by atoms with Crippen LogP contribution in [0.5, 0.6) is 5.75 Å². The number of furan rings is 1. The van der Waals surface area contributed by atoms with E-state index in [2.05, 4.69) is 5.32 Å². The summed E-state index contributed by atoms with van der Waals surface area (Å²) in [6.07, 6.45) is 3.38. The molecular weight excluding hydrogens is 528 g/mol. The molecule has 0 saturated carbocycles. The van der Waals surface area contributed by atoms with Crippen molar-refractivity contribution < 1.29 is 18.7 Å². The summed E-state index contributed by atoms with van der Waals surface area (Å²) in [6, 6.07) is 27.2. The number of imidazole rings is 1. The molecule has 0 spiro atoms. The average Bonchev–Trinajstić information content (AvgIpc) is 3.64. The molecule has 0 bridgehead atoms. The lowest BCUT2D eigenvalue weighted by molar-refractivity contribution is -0.117. The molecule has 0 aliphatic carbocycles. The number of nitrogens with one attached hydrogen (secondary N) is 1. The molecule has 5 rings (SSSR count). The van der Waals surface area contributed by atoms with Gasteiger partial charge in [0, 0.05) is 28.4 Å². The molecule has 0 atom stereocenters. The molecule has 8 nitrogen and oxygen atoms in total. The number of hydrogen-bond acceptors (Lipinski definition) is 5. The van der Waals surface area contributed by atoms with Crippen molar-refractivity contribution in [1.29, 1.82) is 0 Å². The Bertz CT molecular complexity index is 1580. The van der Waals surface area contributed by atoms with Gasteiger partial charge in [-0.2, -0.15) is 0 Å². The van der Waals surface area contributed by atoms with Crippen LogP contribution in [0.4, 0.5) is 5.95 Å². The fourth-order valence-corrected chi connectivity index (χ4v) is 4.33. The number of hydrogen-bond donors (Lipinski definition) is 1. The van der Waals surface area contributed by atoms with Crippen molar-refractivity contribution in [3.05, 3.63) is 120 Å². The zero-order chi connectivity index (χ0) is 27.9. The Labute approximate surface area is 236 Å². The van der Waals surface area contributed by atoms with E-state index in [0.717, 1.165) is 11.3 Å². The number of aromatic nitrogens is 2. The highest BCUT2D eigenvalue weighted by molar-refractivity contribution is 6.30. The van der Waals surface area contributed by atoms with Crippen LogP contribution < -0.4 is 10.1 Å². The first-order valence-corrected chi connectivity index (χ1v) is 13.1. The molecule has 2 amide bonds. The molecule has 1 N–H and O–H groups in total. The molecule has 0 saturated heterocycles. The highest BCUT2D eigenvalue weighted by atomic mass is 35.5. The maximum Gasteiger partial charge on any atom is 0.254 e. The summed E-state index contributed by atoms with van der Waals surface area (Å²) in [5.74, 6) is 0.817. The van der Waals surface area contributed by atoms with Gasteiger partial charge in [0.05, 0.1) is 30.8 Å². The number of amides is 2. The van der Waals surface area contributed by atoms with Crippen LogP contribution in [0.1, 0.15) is 23.0 Å². The summed E-state index contributed by atoms with van der Waals surface area (Å²) in [5.41, 5.74) is 2.75. The van der Waals surface area contributed by atoms with Crippen LogP contribution in [0.25, 0.3) is 16.9 Å². The molecule has 3 aromatic carbocycles. The number of ether oxygens (including phenoxy) is 1. The van der Waals surface area contributed by atoms with E-state index < -0.39 is 5.91 Å². The number of nitrogens with zero attached hydrogens (tertiary/aromatic N) is 3. The largest absolute Gasteiger partial charge is 0.494 e. The van der Waals surface area contributed by atoms with Crippen molar-refractivity contribution in [3.63, 3.8) is 0 Å². The minimum Gasteiger partial charge on any atom is -0.494 e. The van der Waals surface area contributed by atoms with Crippen LogP contribution in [-0.4, -0.2) is 39.4 Å². The van der Waals surface area contributed by atoms with E-state index >= 15 is 0 Å². The van der Waals surface area contributed by atoms with Crippen molar-refractivity contribution in [2.75, 3.05) is 18.5 Å². The van der Waals surface area contributed by atoms with Gasteiger partial charge in [-0.1, -0.05) is 48.0 Å². The third-order valence-electron chi connectivity index (χ3n) is 6.07. The average molecular weight is 555 g/mol. The van der Waals surface area contributed by atoms with E-state index in [4.69, 9.17) is 25.7 Å². The third-order valence-corrected chi connectivity index (χ3v) is 6.33. The first-order chi connectivity index (χ1) is 19.5. The number of anilines is 1. The number of carbonyl (C=O) groups excluding carboxylic acids is 2. The molecule has 0 radical (unpaired) electrons. The lowest BCUT2D eigenvalue weighted by Crippen LogP contribution is -2.37. The van der Waals surface area contributed by atoms with Crippen molar-refractivity contribution in [2.45, 2.75) is 13.5 Å². The minimum atomic E-state index is -0.415. The minimum absolute atomic E-state index is 0.113. The van der Waals surface area contributed by atoms with Gasteiger partial charge in [-0.15, -0.1) is 0 Å². The highest BCUT2D eigenvalue weighted by Gasteiger charge is 2.22. The summed E-state index contributed by atoms with van der Waals surface area (Å²) >= 11 is 6.00. The normalized spacial score (nSPS) is 10.8. The van der Waals surface area contributed by atoms with E-state index in [1.54, 1.807) is 41.0 Å². The molecule has 0 fully saturated rings. The van der Waals surface area contributed by atoms with Crippen molar-refractivity contribution >= 4 is 29.4 Å². The van der Waals surface area contributed by atoms with Gasteiger partial charge in [0.1, 0.15) is 18.1 Å². The second-order valence-corrected chi connectivity index (χ2v) is 9.35. The summed E-state index contributed by atoms with van der Waals surface area (Å²) in [5, 5.41) is 3.42. The zero-order valence-corrected chi connectivity index (χ0v) is 22.5. The summed E-state index contributed by atoms with van der Waals surface area (Å²) in [4.78, 5) is 32.9. The maximum absolute atomic E-state index is 13.4. The Balaban J connectivity index is 1.44. The lowest BCUT2D eigenvalue weighted by Gasteiger charge is -2.21. The van der Waals surface area contributed by atoms with E-state index in [9.17, 15) is 9.59 Å². The standard InChI is InChI=1S/C31H27ClN4O4/c1-2-39-26-11-6-10-25(18-26)36-20-28(22-8-4-3-5-9-22)33-31(36)34-29(37)21-35(19-27-12-7-17-40-27)30(38)23-13-15-24(32)16-14-23/h3-18,20H,2,19,21H2,1H3,(H,33,34,37). The van der Waals surface area contributed by atoms with Gasteiger partial charge in [0.2, 0.25) is 11.9 Å². The Hall–Kier alpha value is -4.82. The monoisotopic (exact) mass is 554 g/mol. The van der Waals surface area contributed by atoms with Crippen LogP contribution in [-0.2, 0) is 11.3 Å². The predicted octanol–water partition coefficient (Wildman–Crippen LogP) is 6.47. The van der Waals surface area contributed by atoms with Crippen LogP contribution in [0.3, 0.4) is 0 Å². The maximum atomic E-state index is 13.4. The summed E-state index contributed by atoms with van der Waals surface area (Å²) < 4.78 is 12.9. The van der Waals surface area contributed by atoms with E-state index in [0.29, 0.717) is 40.3 Å². The smallest absolute Gasteiger partial charge is 0.254 e. The van der Waals surface area contributed by atoms with Gasteiger partial charge >= 0.3 is 0 Å². The molecule has 2 heterocycles. The Morgan fingerprint density at radius 3 is 2.52 bits per heavy atom. The molecular formula is C31H27ClN4O4. The molecule has 202 valence electrons. The fourth-order valence-electron chi connectivity index (χ4n) is 4.21. The van der Waals surface area contributed by atoms with Crippen molar-refractivity contribution in [3.8, 4) is 22.7 Å². The van der Waals surface area contributed by atoms with Crippen LogP contribution in [0.2, 0.25) is 5.02 Å². The molecule has 5 aromatic rings. The van der Waals surface area contributed by atoms with Gasteiger partial charge in [0.25, 0.3) is 5.91 Å². The lowest BCUT2D eigenvalue weighted by atomic mass is 10.2. The van der Waals surface area contributed by atoms with Crippen molar-refractivity contribution in [2.24, 2.45) is 0 Å². The topological polar surface area (TPSA) is 89.6 Å². The van der Waals surface area contributed by atoms with Gasteiger partial charge in [-0.05, 0) is 55.5 Å². The SMILES string of the molecule is CCOc1cccc(-n2cc(-c3ccccc3)nc2NC(=O)CN(Cc2ccco2)C(=O)c2ccc(Cl)cc2)c1. The highest BCUT2D eigenvalue weighted by Crippen LogP contribution is 2.26. The Kier molecular flexibility index (Phi) is 8.27. The molecule has 0 aliphatic rings. The van der Waals surface area contributed by atoms with Gasteiger partial charge in [-0.25, -0.2) is 4.98 Å². The second kappa shape index (κ2) is 12.4. The van der Waals surface area contributed by atoms with E-state index in [1.165, 1.54) is 11.2 Å². The third kappa shape index (κ3) is 6.42. The Morgan fingerprint density at radius 2 is 1.80 bits per heavy atom. The fraction of sp³-hybridized carbons (Fsp3) is 0.129. The van der Waals surface area contributed by atoms with Crippen molar-refractivity contribution in [1.82, 2.24) is 14.5 Å². The van der Waals surface area contributed by atoms with Gasteiger partial charge in [-0.3, -0.25) is 19.5 Å². The Morgan fingerprint density at radius 1 is 1.00 bits per heavy atom. The number of benzene rings is 3. The summed E-state index contributed by atoms with van der Waals surface area (Å²) in [6.45, 7) is 2.33. The quantitative estimate of drug-likeness (QED) is 0.214. The van der Waals surface area contributed by atoms with Gasteiger partial charge in [0.15, 0.2) is 0 Å². The number of halogens is 1.